The van der Waals surface area contributed by atoms with E-state index in [4.69, 9.17) is 21.3 Å². The fourth-order valence-electron chi connectivity index (χ4n) is 5.78. The lowest BCUT2D eigenvalue weighted by atomic mass is 10.1. The molecule has 2 atom stereocenters. The molecule has 0 N–H and O–H groups in total. The summed E-state index contributed by atoms with van der Waals surface area (Å²) in [5.74, 6) is -2.03. The molecule has 0 bridgehead atoms. The lowest BCUT2D eigenvalue weighted by molar-refractivity contribution is -0.131. The molecule has 1 amide bonds. The summed E-state index contributed by atoms with van der Waals surface area (Å²) >= 11 is 1.57. The molecular formula is C30H29F2N7O2S. The summed E-state index contributed by atoms with van der Waals surface area (Å²) in [5, 5.41) is 3.25. The molecule has 1 aromatic carbocycles. The normalized spacial score (nSPS) is 19.4. The van der Waals surface area contributed by atoms with Crippen LogP contribution in [0.3, 0.4) is 0 Å². The highest BCUT2D eigenvalue weighted by Gasteiger charge is 2.35. The van der Waals surface area contributed by atoms with Crippen LogP contribution in [0.15, 0.2) is 48.1 Å². The van der Waals surface area contributed by atoms with Gasteiger partial charge in [0.15, 0.2) is 11.5 Å². The molecule has 4 aromatic rings. The number of aromatic nitrogens is 3. The molecule has 12 heteroatoms. The SMILES string of the molecule is [C-]#[N+]C[C@H]1CN(c2nc(OC[C@@H]3CCCN3C)nc3nc(-c4cccc5sccc45)c(F)cc23)CCN1C(=O)C(=C)F. The van der Waals surface area contributed by atoms with Gasteiger partial charge in [0.2, 0.25) is 6.54 Å². The Morgan fingerprint density at radius 2 is 2.05 bits per heavy atom. The summed E-state index contributed by atoms with van der Waals surface area (Å²) in [6.45, 7) is 12.5. The number of hydrogen-bond acceptors (Lipinski definition) is 8. The second-order valence-electron chi connectivity index (χ2n) is 10.6. The predicted octanol–water partition coefficient (Wildman–Crippen LogP) is 4.94. The van der Waals surface area contributed by atoms with Gasteiger partial charge in [0.05, 0.1) is 5.39 Å². The van der Waals surface area contributed by atoms with E-state index in [-0.39, 0.29) is 49.6 Å². The second kappa shape index (κ2) is 11.6. The van der Waals surface area contributed by atoms with E-state index in [9.17, 15) is 9.18 Å². The summed E-state index contributed by atoms with van der Waals surface area (Å²) in [5.41, 5.74) is 1.12. The molecule has 2 aliphatic heterocycles. The quantitative estimate of drug-likeness (QED) is 0.223. The first-order chi connectivity index (χ1) is 20.3. The van der Waals surface area contributed by atoms with Gasteiger partial charge in [-0.3, -0.25) is 4.79 Å². The summed E-state index contributed by atoms with van der Waals surface area (Å²) in [6.07, 6.45) is 2.09. The highest BCUT2D eigenvalue weighted by molar-refractivity contribution is 7.17. The van der Waals surface area contributed by atoms with Crippen LogP contribution in [-0.2, 0) is 4.79 Å². The van der Waals surface area contributed by atoms with Crippen LogP contribution in [0.1, 0.15) is 12.8 Å². The van der Waals surface area contributed by atoms with Crippen molar-refractivity contribution in [2.24, 2.45) is 0 Å². The number of thiophene rings is 1. The first kappa shape index (κ1) is 27.9. The molecule has 0 saturated carbocycles. The van der Waals surface area contributed by atoms with Gasteiger partial charge in [0, 0.05) is 41.3 Å². The molecule has 2 aliphatic rings. The zero-order valence-corrected chi connectivity index (χ0v) is 23.9. The van der Waals surface area contributed by atoms with Gasteiger partial charge in [-0.25, -0.2) is 20.3 Å². The number of carbonyl (C=O) groups is 1. The van der Waals surface area contributed by atoms with Crippen LogP contribution in [0.2, 0.25) is 0 Å². The number of amides is 1. The first-order valence-electron chi connectivity index (χ1n) is 13.8. The Labute approximate surface area is 245 Å². The zero-order valence-electron chi connectivity index (χ0n) is 23.1. The number of piperazine rings is 1. The van der Waals surface area contributed by atoms with Crippen LogP contribution in [-0.4, -0.2) is 89.1 Å². The third-order valence-corrected chi connectivity index (χ3v) is 8.89. The molecule has 0 unspecified atom stereocenters. The Bertz CT molecular complexity index is 1720. The second-order valence-corrected chi connectivity index (χ2v) is 11.5. The molecule has 9 nitrogen and oxygen atoms in total. The average molecular weight is 590 g/mol. The number of likely N-dealkylation sites (N-methyl/N-ethyl adjacent to an activating group) is 1. The van der Waals surface area contributed by atoms with E-state index < -0.39 is 23.6 Å². The van der Waals surface area contributed by atoms with E-state index in [2.05, 4.69) is 28.4 Å². The smallest absolute Gasteiger partial charge is 0.320 e. The van der Waals surface area contributed by atoms with Crippen LogP contribution in [0.4, 0.5) is 14.6 Å². The van der Waals surface area contributed by atoms with Gasteiger partial charge in [0.1, 0.15) is 30.0 Å². The number of anilines is 1. The molecule has 216 valence electrons. The van der Waals surface area contributed by atoms with Gasteiger partial charge in [-0.05, 0) is 50.0 Å². The van der Waals surface area contributed by atoms with Crippen LogP contribution >= 0.6 is 11.3 Å². The van der Waals surface area contributed by atoms with E-state index in [0.29, 0.717) is 23.4 Å². The maximum absolute atomic E-state index is 15.8. The number of pyridine rings is 1. The minimum atomic E-state index is -1.07. The molecule has 42 heavy (non-hydrogen) atoms. The molecule has 0 spiro atoms. The van der Waals surface area contributed by atoms with E-state index in [1.807, 2.05) is 34.5 Å². The van der Waals surface area contributed by atoms with Crippen molar-refractivity contribution >= 4 is 44.2 Å². The average Bonchev–Trinajstić information content (AvgIpc) is 3.64. The number of nitrogens with zero attached hydrogens (tertiary/aromatic N) is 7. The minimum absolute atomic E-state index is 0.0304. The summed E-state index contributed by atoms with van der Waals surface area (Å²) in [4.78, 5) is 35.3. The molecule has 3 aromatic heterocycles. The fraction of sp³-hybridized carbons (Fsp3) is 0.367. The van der Waals surface area contributed by atoms with E-state index in [0.717, 1.165) is 29.5 Å². The molecule has 6 rings (SSSR count). The van der Waals surface area contributed by atoms with E-state index in [1.165, 1.54) is 11.0 Å². The Morgan fingerprint density at radius 1 is 1.19 bits per heavy atom. The molecule has 0 aliphatic carbocycles. The summed E-state index contributed by atoms with van der Waals surface area (Å²) in [7, 11) is 2.06. The van der Waals surface area contributed by atoms with Gasteiger partial charge in [0.25, 0.3) is 5.91 Å². The highest BCUT2D eigenvalue weighted by Crippen LogP contribution is 2.35. The maximum Gasteiger partial charge on any atom is 0.320 e. The number of carbonyl (C=O) groups excluding carboxylic acids is 1. The largest absolute Gasteiger partial charge is 0.462 e. The number of likely N-dealkylation sites (tertiary alicyclic amines) is 1. The van der Waals surface area contributed by atoms with Crippen molar-refractivity contribution in [2.45, 2.75) is 24.9 Å². The van der Waals surface area contributed by atoms with Crippen LogP contribution in [0.25, 0.3) is 37.2 Å². The number of hydrogen-bond donors (Lipinski definition) is 0. The Hall–Kier alpha value is -4.21. The lowest BCUT2D eigenvalue weighted by Crippen LogP contribution is -2.56. The standard InChI is InChI=1S/C30H29F2N7O2S/c1-18(31)29(40)39-12-11-38(16-20(39)15-33-2)28-23-14-24(32)26(22-7-4-8-25-21(22)9-13-42-25)34-27(23)35-30(36-28)41-17-19-6-5-10-37(19)3/h4,7-9,13-14,19-20H,1,5-6,10-12,15-17H2,3H3/t19-,20-/m0/s1. The Morgan fingerprint density at radius 3 is 2.81 bits per heavy atom. The highest BCUT2D eigenvalue weighted by atomic mass is 32.1. The third-order valence-electron chi connectivity index (χ3n) is 8.00. The van der Waals surface area contributed by atoms with Crippen molar-refractivity contribution < 1.29 is 18.3 Å². The van der Waals surface area contributed by atoms with Crippen molar-refractivity contribution in [3.63, 3.8) is 0 Å². The maximum atomic E-state index is 15.8. The summed E-state index contributed by atoms with van der Waals surface area (Å²) < 4.78 is 36.7. The van der Waals surface area contributed by atoms with Gasteiger partial charge in [-0.1, -0.05) is 18.7 Å². The molecular weight excluding hydrogens is 560 g/mol. The number of ether oxygens (including phenoxy) is 1. The van der Waals surface area contributed by atoms with Crippen LogP contribution in [0.5, 0.6) is 6.01 Å². The van der Waals surface area contributed by atoms with Crippen molar-refractivity contribution in [3.8, 4) is 17.3 Å². The van der Waals surface area contributed by atoms with Crippen molar-refractivity contribution in [1.82, 2.24) is 24.8 Å². The van der Waals surface area contributed by atoms with E-state index in [1.54, 1.807) is 11.3 Å². The molecule has 0 radical (unpaired) electrons. The molecule has 2 fully saturated rings. The van der Waals surface area contributed by atoms with Gasteiger partial charge < -0.3 is 24.3 Å². The fourth-order valence-corrected chi connectivity index (χ4v) is 6.60. The van der Waals surface area contributed by atoms with E-state index >= 15 is 4.39 Å². The number of halogens is 2. The third kappa shape index (κ3) is 5.26. The van der Waals surface area contributed by atoms with Crippen molar-refractivity contribution in [3.05, 3.63) is 65.4 Å². The van der Waals surface area contributed by atoms with Crippen molar-refractivity contribution in [2.75, 3.05) is 51.3 Å². The van der Waals surface area contributed by atoms with Crippen LogP contribution in [0, 0.1) is 12.4 Å². The molecule has 5 heterocycles. The Kier molecular flexibility index (Phi) is 7.70. The van der Waals surface area contributed by atoms with Gasteiger partial charge >= 0.3 is 6.01 Å². The van der Waals surface area contributed by atoms with Crippen LogP contribution < -0.4 is 9.64 Å². The monoisotopic (exact) mass is 589 g/mol. The molecule has 2 saturated heterocycles. The lowest BCUT2D eigenvalue weighted by Gasteiger charge is -2.39. The zero-order chi connectivity index (χ0) is 29.4. The number of benzene rings is 1. The summed E-state index contributed by atoms with van der Waals surface area (Å²) in [6, 6.07) is 8.78. The Balaban J connectivity index is 1.42. The van der Waals surface area contributed by atoms with Gasteiger partial charge in [-0.2, -0.15) is 9.97 Å². The van der Waals surface area contributed by atoms with Crippen molar-refractivity contribution in [1.29, 1.82) is 0 Å². The van der Waals surface area contributed by atoms with Gasteiger partial charge in [-0.15, -0.1) is 11.3 Å². The number of rotatable bonds is 7. The topological polar surface area (TPSA) is 79.1 Å². The first-order valence-corrected chi connectivity index (χ1v) is 14.6. The predicted molar refractivity (Wildman–Crippen MR) is 159 cm³/mol. The minimum Gasteiger partial charge on any atom is -0.462 e. The number of fused-ring (bicyclic) bond motifs is 2.